The van der Waals surface area contributed by atoms with Crippen LogP contribution in [0.15, 0.2) is 53.4 Å². The number of likely N-dealkylation sites (tertiary alicyclic amines) is 1. The molecule has 2 aliphatic heterocycles. The number of nitrogens with zero attached hydrogens (tertiary/aromatic N) is 2. The monoisotopic (exact) mass is 498 g/mol. The Morgan fingerprint density at radius 3 is 2.31 bits per heavy atom. The van der Waals surface area contributed by atoms with Gasteiger partial charge in [-0.2, -0.15) is 4.31 Å². The number of sulfonamides is 1. The second-order valence-corrected chi connectivity index (χ2v) is 11.3. The van der Waals surface area contributed by atoms with Gasteiger partial charge in [-0.05, 0) is 62.4 Å². The molecule has 0 saturated carbocycles. The van der Waals surface area contributed by atoms with E-state index >= 15 is 0 Å². The number of rotatable bonds is 7. The molecule has 0 aromatic heterocycles. The zero-order valence-corrected chi connectivity index (χ0v) is 21.0. The summed E-state index contributed by atoms with van der Waals surface area (Å²) < 4.78 is 27.6. The van der Waals surface area contributed by atoms with Gasteiger partial charge in [0, 0.05) is 43.5 Å². The van der Waals surface area contributed by atoms with Crippen molar-refractivity contribution in [1.29, 1.82) is 0 Å². The van der Waals surface area contributed by atoms with Crippen LogP contribution >= 0.6 is 0 Å². The Labute approximate surface area is 207 Å². The summed E-state index contributed by atoms with van der Waals surface area (Å²) in [4.78, 5) is 27.6. The second kappa shape index (κ2) is 11.3. The van der Waals surface area contributed by atoms with Crippen LogP contribution in [-0.4, -0.2) is 68.2 Å². The van der Waals surface area contributed by atoms with Crippen molar-refractivity contribution in [2.24, 2.45) is 0 Å². The first-order valence-corrected chi connectivity index (χ1v) is 13.8. The average molecular weight is 499 g/mol. The number of hydrogen-bond acceptors (Lipinski definition) is 5. The van der Waals surface area contributed by atoms with Gasteiger partial charge >= 0.3 is 0 Å². The fourth-order valence-electron chi connectivity index (χ4n) is 4.68. The van der Waals surface area contributed by atoms with E-state index in [9.17, 15) is 18.0 Å². The van der Waals surface area contributed by atoms with Gasteiger partial charge in [0.25, 0.3) is 5.91 Å². The van der Waals surface area contributed by atoms with Crippen LogP contribution in [0.3, 0.4) is 0 Å². The fraction of sp³-hybridized carbons (Fsp3) is 0.462. The average Bonchev–Trinajstić information content (AvgIpc) is 2.86. The standard InChI is InChI=1S/C26H34N4O4S/c1-20-10-11-23(35(33,34)30-14-6-3-7-15-30)18-24(20)26(32)28-22-12-16-29(17-13-22)19-25(31)27-21-8-4-2-5-9-21/h2,4-5,8-11,18,22H,3,6-7,12-17,19H2,1H3,(H,27,31)(H,28,32). The molecule has 0 radical (unpaired) electrons. The predicted molar refractivity (Wildman–Crippen MR) is 136 cm³/mol. The molecule has 2 aromatic rings. The third kappa shape index (κ3) is 6.48. The number of carbonyl (C=O) groups is 2. The SMILES string of the molecule is Cc1ccc(S(=O)(=O)N2CCCCC2)cc1C(=O)NC1CCN(CC(=O)Nc2ccccc2)CC1. The van der Waals surface area contributed by atoms with Gasteiger partial charge in [0.05, 0.1) is 11.4 Å². The van der Waals surface area contributed by atoms with Gasteiger partial charge in [0.2, 0.25) is 15.9 Å². The normalized spacial score (nSPS) is 18.2. The molecule has 4 rings (SSSR count). The molecule has 2 aromatic carbocycles. The van der Waals surface area contributed by atoms with E-state index in [0.717, 1.165) is 43.4 Å². The molecule has 0 atom stereocenters. The Morgan fingerprint density at radius 1 is 0.943 bits per heavy atom. The highest BCUT2D eigenvalue weighted by atomic mass is 32.2. The summed E-state index contributed by atoms with van der Waals surface area (Å²) in [6, 6.07) is 14.2. The van der Waals surface area contributed by atoms with Gasteiger partial charge in [-0.1, -0.05) is 30.7 Å². The Kier molecular flexibility index (Phi) is 8.20. The molecule has 8 nitrogen and oxygen atoms in total. The summed E-state index contributed by atoms with van der Waals surface area (Å²) in [5.41, 5.74) is 1.92. The van der Waals surface area contributed by atoms with Crippen molar-refractivity contribution >= 4 is 27.5 Å². The van der Waals surface area contributed by atoms with E-state index in [1.807, 2.05) is 37.3 Å². The van der Waals surface area contributed by atoms with Crippen molar-refractivity contribution in [2.45, 2.75) is 50.0 Å². The summed E-state index contributed by atoms with van der Waals surface area (Å²) in [7, 11) is -3.60. The molecular formula is C26H34N4O4S. The molecule has 2 amide bonds. The van der Waals surface area contributed by atoms with Crippen molar-refractivity contribution in [1.82, 2.24) is 14.5 Å². The molecule has 2 aliphatic rings. The molecule has 0 unspecified atom stereocenters. The van der Waals surface area contributed by atoms with Crippen molar-refractivity contribution in [2.75, 3.05) is 38.0 Å². The third-order valence-electron chi connectivity index (χ3n) is 6.75. The Morgan fingerprint density at radius 2 is 1.63 bits per heavy atom. The number of nitrogens with one attached hydrogen (secondary N) is 2. The van der Waals surface area contributed by atoms with Gasteiger partial charge in [0.1, 0.15) is 0 Å². The second-order valence-electron chi connectivity index (χ2n) is 9.38. The number of anilines is 1. The lowest BCUT2D eigenvalue weighted by Gasteiger charge is -2.32. The first-order valence-electron chi connectivity index (χ1n) is 12.3. The van der Waals surface area contributed by atoms with Crippen LogP contribution in [0, 0.1) is 6.92 Å². The topological polar surface area (TPSA) is 98.8 Å². The van der Waals surface area contributed by atoms with E-state index in [1.54, 1.807) is 12.1 Å². The molecule has 0 bridgehead atoms. The van der Waals surface area contributed by atoms with E-state index in [-0.39, 0.29) is 22.8 Å². The van der Waals surface area contributed by atoms with Gasteiger partial charge in [0.15, 0.2) is 0 Å². The molecule has 2 fully saturated rings. The highest BCUT2D eigenvalue weighted by Crippen LogP contribution is 2.23. The Bertz CT molecular complexity index is 1140. The van der Waals surface area contributed by atoms with Crippen LogP contribution < -0.4 is 10.6 Å². The quantitative estimate of drug-likeness (QED) is 0.612. The largest absolute Gasteiger partial charge is 0.349 e. The highest BCUT2D eigenvalue weighted by Gasteiger charge is 2.28. The smallest absolute Gasteiger partial charge is 0.251 e. The first kappa shape index (κ1) is 25.3. The molecule has 35 heavy (non-hydrogen) atoms. The highest BCUT2D eigenvalue weighted by molar-refractivity contribution is 7.89. The third-order valence-corrected chi connectivity index (χ3v) is 8.65. The number of hydrogen-bond donors (Lipinski definition) is 2. The number of para-hydroxylation sites is 1. The van der Waals surface area contributed by atoms with Crippen LogP contribution in [0.5, 0.6) is 0 Å². The predicted octanol–water partition coefficient (Wildman–Crippen LogP) is 3.00. The molecule has 0 spiro atoms. The van der Waals surface area contributed by atoms with E-state index < -0.39 is 10.0 Å². The van der Waals surface area contributed by atoms with Crippen LogP contribution in [-0.2, 0) is 14.8 Å². The zero-order valence-electron chi connectivity index (χ0n) is 20.2. The summed E-state index contributed by atoms with van der Waals surface area (Å²) >= 11 is 0. The van der Waals surface area contributed by atoms with E-state index in [4.69, 9.17) is 0 Å². The van der Waals surface area contributed by atoms with Crippen LogP contribution in [0.4, 0.5) is 5.69 Å². The Balaban J connectivity index is 1.31. The van der Waals surface area contributed by atoms with Crippen molar-refractivity contribution in [3.8, 4) is 0 Å². The van der Waals surface area contributed by atoms with Gasteiger partial charge in [-0.15, -0.1) is 0 Å². The first-order chi connectivity index (χ1) is 16.8. The minimum absolute atomic E-state index is 0.0160. The maximum atomic E-state index is 13.1. The van der Waals surface area contributed by atoms with E-state index in [2.05, 4.69) is 15.5 Å². The van der Waals surface area contributed by atoms with E-state index in [0.29, 0.717) is 38.3 Å². The molecule has 2 N–H and O–H groups in total. The van der Waals surface area contributed by atoms with Crippen molar-refractivity contribution < 1.29 is 18.0 Å². The number of aryl methyl sites for hydroxylation is 1. The molecule has 2 heterocycles. The summed E-state index contributed by atoms with van der Waals surface area (Å²) in [5, 5.41) is 5.97. The molecule has 2 saturated heterocycles. The molecule has 188 valence electrons. The zero-order chi connectivity index (χ0) is 24.8. The lowest BCUT2D eigenvalue weighted by atomic mass is 10.0. The van der Waals surface area contributed by atoms with Gasteiger partial charge < -0.3 is 10.6 Å². The summed E-state index contributed by atoms with van der Waals surface area (Å²) in [6.07, 6.45) is 4.24. The number of carbonyl (C=O) groups excluding carboxylic acids is 2. The molecule has 9 heteroatoms. The minimum atomic E-state index is -3.60. The number of benzene rings is 2. The number of amides is 2. The van der Waals surface area contributed by atoms with Crippen molar-refractivity contribution in [3.05, 3.63) is 59.7 Å². The minimum Gasteiger partial charge on any atom is -0.349 e. The van der Waals surface area contributed by atoms with Gasteiger partial charge in [-0.3, -0.25) is 14.5 Å². The summed E-state index contributed by atoms with van der Waals surface area (Å²) in [6.45, 7) is 4.59. The molecule has 0 aliphatic carbocycles. The number of piperidine rings is 2. The van der Waals surface area contributed by atoms with Gasteiger partial charge in [-0.25, -0.2) is 8.42 Å². The Hall–Kier alpha value is -2.75. The maximum Gasteiger partial charge on any atom is 0.251 e. The van der Waals surface area contributed by atoms with Crippen LogP contribution in [0.2, 0.25) is 0 Å². The van der Waals surface area contributed by atoms with Crippen LogP contribution in [0.25, 0.3) is 0 Å². The fourth-order valence-corrected chi connectivity index (χ4v) is 6.23. The van der Waals surface area contributed by atoms with Crippen LogP contribution in [0.1, 0.15) is 48.0 Å². The van der Waals surface area contributed by atoms with Crippen molar-refractivity contribution in [3.63, 3.8) is 0 Å². The molecular weight excluding hydrogens is 464 g/mol. The maximum absolute atomic E-state index is 13.1. The van der Waals surface area contributed by atoms with E-state index in [1.165, 1.54) is 10.4 Å². The lowest BCUT2D eigenvalue weighted by Crippen LogP contribution is -2.46. The lowest BCUT2D eigenvalue weighted by molar-refractivity contribution is -0.117. The summed E-state index contributed by atoms with van der Waals surface area (Å²) in [5.74, 6) is -0.306.